The van der Waals surface area contributed by atoms with E-state index in [0.717, 1.165) is 13.1 Å². The molecule has 0 fully saturated rings. The lowest BCUT2D eigenvalue weighted by Gasteiger charge is -2.11. The Kier molecular flexibility index (Phi) is 4.84. The van der Waals surface area contributed by atoms with Gasteiger partial charge in [-0.05, 0) is 44.6 Å². The van der Waals surface area contributed by atoms with Gasteiger partial charge in [-0.3, -0.25) is 0 Å². The molecule has 0 atom stereocenters. The fourth-order valence-electron chi connectivity index (χ4n) is 1.13. The Morgan fingerprint density at radius 3 is 2.36 bits per heavy atom. The highest BCUT2D eigenvalue weighted by molar-refractivity contribution is 7.98. The lowest BCUT2D eigenvalue weighted by Crippen LogP contribution is -2.20. The van der Waals surface area contributed by atoms with Crippen LogP contribution >= 0.6 is 11.8 Å². The number of rotatable bonds is 5. The van der Waals surface area contributed by atoms with Gasteiger partial charge in [0.2, 0.25) is 0 Å². The van der Waals surface area contributed by atoms with E-state index in [1.54, 1.807) is 11.8 Å². The first-order chi connectivity index (χ1) is 6.72. The minimum Gasteiger partial charge on any atom is -0.384 e. The monoisotopic (exact) mass is 210 g/mol. The molecule has 0 aliphatic rings. The average Bonchev–Trinajstić information content (AvgIpc) is 2.18. The lowest BCUT2D eigenvalue weighted by molar-refractivity contribution is 0.425. The number of hydrogen-bond donors (Lipinski definition) is 1. The van der Waals surface area contributed by atoms with Crippen molar-refractivity contribution in [1.82, 2.24) is 4.90 Å². The highest BCUT2D eigenvalue weighted by Gasteiger charge is 1.93. The van der Waals surface area contributed by atoms with Gasteiger partial charge in [0, 0.05) is 23.7 Å². The van der Waals surface area contributed by atoms with E-state index < -0.39 is 0 Å². The fourth-order valence-corrected chi connectivity index (χ4v) is 1.54. The molecular formula is C11H18N2S. The minimum atomic E-state index is 0.992. The van der Waals surface area contributed by atoms with Gasteiger partial charge in [-0.2, -0.15) is 0 Å². The number of nitrogens with zero attached hydrogens (tertiary/aromatic N) is 1. The van der Waals surface area contributed by atoms with Gasteiger partial charge < -0.3 is 10.2 Å². The van der Waals surface area contributed by atoms with E-state index in [9.17, 15) is 0 Å². The molecule has 0 unspecified atom stereocenters. The van der Waals surface area contributed by atoms with Gasteiger partial charge >= 0.3 is 0 Å². The van der Waals surface area contributed by atoms with Crippen molar-refractivity contribution >= 4 is 17.4 Å². The molecule has 1 rings (SSSR count). The van der Waals surface area contributed by atoms with E-state index in [1.807, 2.05) is 0 Å². The van der Waals surface area contributed by atoms with Gasteiger partial charge in [0.1, 0.15) is 0 Å². The number of likely N-dealkylation sites (N-methyl/N-ethyl adjacent to an activating group) is 1. The highest BCUT2D eigenvalue weighted by atomic mass is 32.2. The third kappa shape index (κ3) is 4.03. The van der Waals surface area contributed by atoms with Gasteiger partial charge in [0.05, 0.1) is 0 Å². The van der Waals surface area contributed by atoms with E-state index >= 15 is 0 Å². The summed E-state index contributed by atoms with van der Waals surface area (Å²) >= 11 is 1.77. The third-order valence-corrected chi connectivity index (χ3v) is 2.72. The lowest BCUT2D eigenvalue weighted by atomic mass is 10.3. The van der Waals surface area contributed by atoms with E-state index in [-0.39, 0.29) is 0 Å². The van der Waals surface area contributed by atoms with Crippen LogP contribution < -0.4 is 5.32 Å². The van der Waals surface area contributed by atoms with Gasteiger partial charge in [0.25, 0.3) is 0 Å². The van der Waals surface area contributed by atoms with Crippen LogP contribution in [0.1, 0.15) is 0 Å². The zero-order valence-electron chi connectivity index (χ0n) is 9.08. The second kappa shape index (κ2) is 5.94. The molecule has 0 amide bonds. The van der Waals surface area contributed by atoms with E-state index in [2.05, 4.69) is 54.8 Å². The van der Waals surface area contributed by atoms with Gasteiger partial charge in [0.15, 0.2) is 0 Å². The molecule has 0 aromatic heterocycles. The number of thioether (sulfide) groups is 1. The van der Waals surface area contributed by atoms with Gasteiger partial charge in [-0.1, -0.05) is 0 Å². The normalized spacial score (nSPS) is 10.6. The Balaban J connectivity index is 2.36. The molecule has 1 aromatic rings. The maximum absolute atomic E-state index is 3.38. The largest absolute Gasteiger partial charge is 0.384 e. The molecule has 0 spiro atoms. The summed E-state index contributed by atoms with van der Waals surface area (Å²) in [6.45, 7) is 2.05. The molecule has 0 saturated heterocycles. The molecule has 0 aliphatic heterocycles. The molecule has 0 bridgehead atoms. The molecule has 14 heavy (non-hydrogen) atoms. The topological polar surface area (TPSA) is 15.3 Å². The number of nitrogens with one attached hydrogen (secondary N) is 1. The summed E-state index contributed by atoms with van der Waals surface area (Å²) in [5, 5.41) is 3.38. The van der Waals surface area contributed by atoms with Gasteiger partial charge in [-0.25, -0.2) is 0 Å². The summed E-state index contributed by atoms with van der Waals surface area (Å²) in [6.07, 6.45) is 2.09. The predicted octanol–water partition coefficient (Wildman–Crippen LogP) is 2.38. The summed E-state index contributed by atoms with van der Waals surface area (Å²) in [7, 11) is 4.16. The molecular weight excluding hydrogens is 192 g/mol. The van der Waals surface area contributed by atoms with Gasteiger partial charge in [-0.15, -0.1) is 11.8 Å². The van der Waals surface area contributed by atoms with Crippen molar-refractivity contribution in [2.45, 2.75) is 4.90 Å². The molecule has 2 nitrogen and oxygen atoms in total. The van der Waals surface area contributed by atoms with E-state index in [0.29, 0.717) is 0 Å². The van der Waals surface area contributed by atoms with E-state index in [4.69, 9.17) is 0 Å². The molecule has 1 N–H and O–H groups in total. The quantitative estimate of drug-likeness (QED) is 0.751. The Hall–Kier alpha value is -0.670. The van der Waals surface area contributed by atoms with Crippen molar-refractivity contribution in [3.05, 3.63) is 24.3 Å². The maximum atomic E-state index is 3.38. The average molecular weight is 210 g/mol. The van der Waals surface area contributed by atoms with Crippen molar-refractivity contribution in [2.24, 2.45) is 0 Å². The predicted molar refractivity (Wildman–Crippen MR) is 65.3 cm³/mol. The van der Waals surface area contributed by atoms with Crippen LogP contribution in [0.5, 0.6) is 0 Å². The Morgan fingerprint density at radius 1 is 1.21 bits per heavy atom. The maximum Gasteiger partial charge on any atom is 0.0341 e. The standard InChI is InChI=1S/C11H18N2S/c1-13(2)9-8-12-10-4-6-11(14-3)7-5-10/h4-7,12H,8-9H2,1-3H3. The Labute approximate surface area is 90.7 Å². The minimum absolute atomic E-state index is 0.992. The van der Waals surface area contributed by atoms with Crippen molar-refractivity contribution in [1.29, 1.82) is 0 Å². The molecule has 0 radical (unpaired) electrons. The third-order valence-electron chi connectivity index (χ3n) is 1.98. The molecule has 0 heterocycles. The van der Waals surface area contributed by atoms with Crippen molar-refractivity contribution < 1.29 is 0 Å². The first-order valence-corrected chi connectivity index (χ1v) is 5.97. The van der Waals surface area contributed by atoms with Crippen molar-refractivity contribution in [3.63, 3.8) is 0 Å². The second-order valence-electron chi connectivity index (χ2n) is 3.46. The van der Waals surface area contributed by atoms with Crippen molar-refractivity contribution in [3.8, 4) is 0 Å². The molecule has 0 aliphatic carbocycles. The van der Waals surface area contributed by atoms with Crippen LogP contribution in [0.15, 0.2) is 29.2 Å². The van der Waals surface area contributed by atoms with Crippen LogP contribution in [-0.2, 0) is 0 Å². The zero-order chi connectivity index (χ0) is 10.4. The first-order valence-electron chi connectivity index (χ1n) is 4.75. The van der Waals surface area contributed by atoms with Crippen LogP contribution in [-0.4, -0.2) is 38.3 Å². The van der Waals surface area contributed by atoms with Crippen LogP contribution in [0.3, 0.4) is 0 Å². The summed E-state index contributed by atoms with van der Waals surface area (Å²) in [5.74, 6) is 0. The highest BCUT2D eigenvalue weighted by Crippen LogP contribution is 2.17. The molecule has 78 valence electrons. The SMILES string of the molecule is CSc1ccc(NCCN(C)C)cc1. The summed E-state index contributed by atoms with van der Waals surface area (Å²) < 4.78 is 0. The van der Waals surface area contributed by atoms with Crippen LogP contribution in [0, 0.1) is 0 Å². The number of benzene rings is 1. The van der Waals surface area contributed by atoms with Crippen molar-refractivity contribution in [2.75, 3.05) is 38.8 Å². The first kappa shape index (κ1) is 11.4. The van der Waals surface area contributed by atoms with E-state index in [1.165, 1.54) is 10.6 Å². The summed E-state index contributed by atoms with van der Waals surface area (Å²) in [6, 6.07) is 8.54. The smallest absolute Gasteiger partial charge is 0.0341 e. The molecule has 1 aromatic carbocycles. The Morgan fingerprint density at radius 2 is 1.86 bits per heavy atom. The zero-order valence-corrected chi connectivity index (χ0v) is 9.90. The second-order valence-corrected chi connectivity index (χ2v) is 4.34. The number of anilines is 1. The molecule has 0 saturated carbocycles. The Bertz CT molecular complexity index is 256. The van der Waals surface area contributed by atoms with Crippen LogP contribution in [0.4, 0.5) is 5.69 Å². The van der Waals surface area contributed by atoms with Crippen LogP contribution in [0.25, 0.3) is 0 Å². The summed E-state index contributed by atoms with van der Waals surface area (Å²) in [4.78, 5) is 3.48. The molecule has 3 heteroatoms. The fraction of sp³-hybridized carbons (Fsp3) is 0.455. The summed E-state index contributed by atoms with van der Waals surface area (Å²) in [5.41, 5.74) is 1.20. The number of hydrogen-bond acceptors (Lipinski definition) is 3. The van der Waals surface area contributed by atoms with Crippen LogP contribution in [0.2, 0.25) is 0 Å².